The molecule has 4 rings (SSSR count). The van der Waals surface area contributed by atoms with E-state index in [4.69, 9.17) is 0 Å². The van der Waals surface area contributed by atoms with Crippen LogP contribution in [0, 0.1) is 17.2 Å². The van der Waals surface area contributed by atoms with Crippen LogP contribution in [0.3, 0.4) is 0 Å². The number of rotatable bonds is 1. The maximum atomic E-state index is 12.2. The molecule has 1 aromatic heterocycles. The summed E-state index contributed by atoms with van der Waals surface area (Å²) in [6.07, 6.45) is 2.95. The highest BCUT2D eigenvalue weighted by Crippen LogP contribution is 2.40. The van der Waals surface area contributed by atoms with Gasteiger partial charge in [0.2, 0.25) is 0 Å². The normalized spacial score (nSPS) is 20.7. The number of nitrogens with one attached hydrogen (secondary N) is 1. The third kappa shape index (κ3) is 2.34. The topological polar surface area (TPSA) is 82.3 Å². The van der Waals surface area contributed by atoms with E-state index >= 15 is 0 Å². The van der Waals surface area contributed by atoms with Gasteiger partial charge in [0.25, 0.3) is 10.0 Å². The van der Waals surface area contributed by atoms with Gasteiger partial charge in [-0.25, -0.2) is 0 Å². The van der Waals surface area contributed by atoms with Crippen molar-refractivity contribution in [2.45, 2.75) is 31.1 Å². The van der Waals surface area contributed by atoms with Crippen molar-refractivity contribution in [3.63, 3.8) is 0 Å². The Bertz CT molecular complexity index is 1010. The van der Waals surface area contributed by atoms with Crippen molar-refractivity contribution in [2.75, 3.05) is 5.32 Å². The average molecular weight is 357 g/mol. The highest BCUT2D eigenvalue weighted by molar-refractivity contribution is 7.90. The van der Waals surface area contributed by atoms with Crippen LogP contribution >= 0.6 is 11.3 Å². The Kier molecular flexibility index (Phi) is 3.48. The van der Waals surface area contributed by atoms with Crippen molar-refractivity contribution in [1.82, 2.24) is 0 Å². The van der Waals surface area contributed by atoms with Gasteiger partial charge in [0.05, 0.1) is 5.56 Å². The van der Waals surface area contributed by atoms with Crippen molar-refractivity contribution >= 4 is 32.2 Å². The molecular weight excluding hydrogens is 342 g/mol. The van der Waals surface area contributed by atoms with E-state index in [9.17, 15) is 13.7 Å². The standard InChI is InChI=1S/C17H15N3O2S2/c1-10-6-7-11-13(9-18)17(23-14(11)8-10)19-16-12-4-2-3-5-15(12)24(21,22)20-16/h2-5,10H,6-8H2,1H3,(H,19,20)/t10-/m1/s1. The van der Waals surface area contributed by atoms with E-state index in [2.05, 4.69) is 22.7 Å². The largest absolute Gasteiger partial charge is 0.330 e. The third-order valence-corrected chi connectivity index (χ3v) is 6.99. The first kappa shape index (κ1) is 15.4. The van der Waals surface area contributed by atoms with Gasteiger partial charge in [0.15, 0.2) is 5.84 Å². The first-order chi connectivity index (χ1) is 11.5. The molecular formula is C17H15N3O2S2. The molecule has 1 aromatic carbocycles. The third-order valence-electron chi connectivity index (χ3n) is 4.49. The van der Waals surface area contributed by atoms with E-state index in [0.717, 1.165) is 24.8 Å². The van der Waals surface area contributed by atoms with Crippen molar-refractivity contribution in [1.29, 1.82) is 5.26 Å². The van der Waals surface area contributed by atoms with Gasteiger partial charge in [0, 0.05) is 10.4 Å². The van der Waals surface area contributed by atoms with E-state index in [-0.39, 0.29) is 4.90 Å². The van der Waals surface area contributed by atoms with Crippen LogP contribution < -0.4 is 5.32 Å². The molecule has 122 valence electrons. The molecule has 0 bridgehead atoms. The summed E-state index contributed by atoms with van der Waals surface area (Å²) in [5, 5.41) is 13.4. The summed E-state index contributed by atoms with van der Waals surface area (Å²) in [5.41, 5.74) is 2.30. The number of hydrogen-bond donors (Lipinski definition) is 1. The van der Waals surface area contributed by atoms with Gasteiger partial charge in [-0.15, -0.1) is 15.7 Å². The average Bonchev–Trinajstić information content (AvgIpc) is 3.02. The maximum Gasteiger partial charge on any atom is 0.285 e. The molecule has 0 fully saturated rings. The molecule has 0 saturated carbocycles. The Morgan fingerprint density at radius 3 is 2.96 bits per heavy atom. The lowest BCUT2D eigenvalue weighted by atomic mass is 9.88. The first-order valence-electron chi connectivity index (χ1n) is 7.75. The molecule has 1 N–H and O–H groups in total. The minimum absolute atomic E-state index is 0.209. The highest BCUT2D eigenvalue weighted by Gasteiger charge is 2.30. The van der Waals surface area contributed by atoms with Crippen LogP contribution in [0.15, 0.2) is 33.6 Å². The van der Waals surface area contributed by atoms with Gasteiger partial charge in [-0.05, 0) is 42.9 Å². The fraction of sp³-hybridized carbons (Fsp3) is 0.294. The Morgan fingerprint density at radius 1 is 1.38 bits per heavy atom. The molecule has 7 heteroatoms. The molecule has 2 heterocycles. The van der Waals surface area contributed by atoms with Crippen LogP contribution in [-0.4, -0.2) is 14.3 Å². The van der Waals surface area contributed by atoms with E-state index < -0.39 is 10.0 Å². The zero-order valence-corrected chi connectivity index (χ0v) is 14.7. The van der Waals surface area contributed by atoms with Crippen molar-refractivity contribution in [2.24, 2.45) is 10.3 Å². The van der Waals surface area contributed by atoms with Gasteiger partial charge in [-0.2, -0.15) is 13.7 Å². The number of amidine groups is 1. The number of sulfonamides is 1. The molecule has 1 aliphatic carbocycles. The Balaban J connectivity index is 1.77. The predicted octanol–water partition coefficient (Wildman–Crippen LogP) is 3.31. The number of fused-ring (bicyclic) bond motifs is 2. The van der Waals surface area contributed by atoms with Crippen LogP contribution in [0.5, 0.6) is 0 Å². The van der Waals surface area contributed by atoms with E-state index in [1.807, 2.05) is 0 Å². The van der Waals surface area contributed by atoms with E-state index in [0.29, 0.717) is 27.9 Å². The Labute approximate surface area is 144 Å². The minimum Gasteiger partial charge on any atom is -0.330 e. The van der Waals surface area contributed by atoms with Crippen LogP contribution in [0.1, 0.15) is 34.9 Å². The zero-order valence-electron chi connectivity index (χ0n) is 13.0. The summed E-state index contributed by atoms with van der Waals surface area (Å²) in [4.78, 5) is 1.43. The number of anilines is 1. The molecule has 0 spiro atoms. The maximum absolute atomic E-state index is 12.2. The molecule has 2 aliphatic rings. The number of thiophene rings is 1. The summed E-state index contributed by atoms with van der Waals surface area (Å²) in [6, 6.07) is 9.02. The smallest absolute Gasteiger partial charge is 0.285 e. The summed E-state index contributed by atoms with van der Waals surface area (Å²) < 4.78 is 28.2. The van der Waals surface area contributed by atoms with Gasteiger partial charge >= 0.3 is 0 Å². The van der Waals surface area contributed by atoms with Gasteiger partial charge in [0.1, 0.15) is 16.0 Å². The lowest BCUT2D eigenvalue weighted by Crippen LogP contribution is -2.11. The number of nitriles is 1. The monoisotopic (exact) mass is 357 g/mol. The van der Waals surface area contributed by atoms with E-state index in [1.165, 1.54) is 4.88 Å². The number of nitrogens with zero attached hydrogens (tertiary/aromatic N) is 2. The molecule has 0 amide bonds. The molecule has 0 unspecified atom stereocenters. The number of benzene rings is 1. The number of hydrogen-bond acceptors (Lipinski definition) is 5. The zero-order chi connectivity index (χ0) is 16.9. The van der Waals surface area contributed by atoms with Crippen molar-refractivity contribution in [3.05, 3.63) is 45.8 Å². The fourth-order valence-electron chi connectivity index (χ4n) is 3.26. The van der Waals surface area contributed by atoms with Gasteiger partial charge in [-0.1, -0.05) is 19.1 Å². The summed E-state index contributed by atoms with van der Waals surface area (Å²) in [5.74, 6) is 0.911. The summed E-state index contributed by atoms with van der Waals surface area (Å²) >= 11 is 1.54. The first-order valence-corrected chi connectivity index (χ1v) is 10.0. The molecule has 2 aromatic rings. The molecule has 0 radical (unpaired) electrons. The minimum atomic E-state index is -3.66. The molecule has 1 atom stereocenters. The highest BCUT2D eigenvalue weighted by atomic mass is 32.2. The van der Waals surface area contributed by atoms with Crippen molar-refractivity contribution in [3.8, 4) is 6.07 Å². The Morgan fingerprint density at radius 2 is 2.17 bits per heavy atom. The lowest BCUT2D eigenvalue weighted by molar-refractivity contribution is 0.507. The molecule has 24 heavy (non-hydrogen) atoms. The predicted molar refractivity (Wildman–Crippen MR) is 94.0 cm³/mol. The fourth-order valence-corrected chi connectivity index (χ4v) is 5.80. The molecule has 0 saturated heterocycles. The van der Waals surface area contributed by atoms with Gasteiger partial charge in [-0.3, -0.25) is 0 Å². The van der Waals surface area contributed by atoms with Crippen molar-refractivity contribution < 1.29 is 8.42 Å². The second-order valence-corrected chi connectivity index (χ2v) is 8.88. The summed E-state index contributed by atoms with van der Waals surface area (Å²) in [6.45, 7) is 2.21. The quantitative estimate of drug-likeness (QED) is 0.849. The van der Waals surface area contributed by atoms with Crippen LogP contribution in [0.25, 0.3) is 0 Å². The Hall–Kier alpha value is -2.17. The molecule has 5 nitrogen and oxygen atoms in total. The summed E-state index contributed by atoms with van der Waals surface area (Å²) in [7, 11) is -3.66. The van der Waals surface area contributed by atoms with Crippen LogP contribution in [0.4, 0.5) is 5.00 Å². The SMILES string of the molecule is C[C@@H]1CCc2c(sc(NC3=NS(=O)(=O)c4ccccc43)c2C#N)C1. The molecule has 1 aliphatic heterocycles. The second-order valence-electron chi connectivity index (χ2n) is 6.20. The van der Waals surface area contributed by atoms with Crippen LogP contribution in [-0.2, 0) is 22.9 Å². The van der Waals surface area contributed by atoms with Gasteiger partial charge < -0.3 is 5.32 Å². The lowest BCUT2D eigenvalue weighted by Gasteiger charge is -2.17. The van der Waals surface area contributed by atoms with Crippen LogP contribution in [0.2, 0.25) is 0 Å². The second kappa shape index (κ2) is 5.43. The van der Waals surface area contributed by atoms with E-state index in [1.54, 1.807) is 35.6 Å².